The van der Waals surface area contributed by atoms with Crippen molar-refractivity contribution < 1.29 is 28.0 Å². The molecule has 1 aromatic carbocycles. The molecule has 0 spiro atoms. The number of H-pyrrole nitrogens is 1. The Morgan fingerprint density at radius 3 is 2.61 bits per heavy atom. The molecular formula is C17H18ClN5O9S. The van der Waals surface area contributed by atoms with Crippen molar-refractivity contribution in [3.63, 3.8) is 0 Å². The first-order valence-corrected chi connectivity index (χ1v) is 10.9. The zero-order valence-corrected chi connectivity index (χ0v) is 18.6. The van der Waals surface area contributed by atoms with E-state index in [0.717, 1.165) is 33.9 Å². The Kier molecular flexibility index (Phi) is 8.08. The summed E-state index contributed by atoms with van der Waals surface area (Å²) in [6.07, 6.45) is 1.13. The number of carbonyl (C=O) groups is 2. The van der Waals surface area contributed by atoms with E-state index in [1.807, 2.05) is 4.98 Å². The lowest BCUT2D eigenvalue weighted by molar-refractivity contribution is -0.387. The molecule has 1 aromatic heterocycles. The predicted octanol–water partition coefficient (Wildman–Crippen LogP) is -0.702. The maximum atomic E-state index is 12.5. The fraction of sp³-hybridized carbons (Fsp3) is 0.294. The smallest absolute Gasteiger partial charge is 0.328 e. The third kappa shape index (κ3) is 6.71. The molecule has 1 heterocycles. The van der Waals surface area contributed by atoms with Gasteiger partial charge in [0.15, 0.2) is 4.90 Å². The Hall–Kier alpha value is -3.56. The van der Waals surface area contributed by atoms with Crippen molar-refractivity contribution >= 4 is 39.2 Å². The highest BCUT2D eigenvalue weighted by atomic mass is 35.5. The maximum absolute atomic E-state index is 12.5. The number of aryl methyl sites for hydroxylation is 1. The maximum Gasteiger partial charge on any atom is 0.328 e. The summed E-state index contributed by atoms with van der Waals surface area (Å²) in [6, 6.07) is 2.95. The van der Waals surface area contributed by atoms with Crippen molar-refractivity contribution in [2.24, 2.45) is 0 Å². The van der Waals surface area contributed by atoms with Gasteiger partial charge >= 0.3 is 11.7 Å². The zero-order chi connectivity index (χ0) is 24.9. The van der Waals surface area contributed by atoms with E-state index >= 15 is 0 Å². The van der Waals surface area contributed by atoms with E-state index in [2.05, 4.69) is 4.72 Å². The van der Waals surface area contributed by atoms with Crippen LogP contribution in [0.4, 0.5) is 5.69 Å². The molecule has 0 aliphatic carbocycles. The van der Waals surface area contributed by atoms with Crippen molar-refractivity contribution in [1.29, 1.82) is 0 Å². The van der Waals surface area contributed by atoms with Crippen LogP contribution in [0.25, 0.3) is 0 Å². The van der Waals surface area contributed by atoms with Crippen molar-refractivity contribution in [2.75, 3.05) is 19.6 Å². The van der Waals surface area contributed by atoms with Gasteiger partial charge in [-0.25, -0.2) is 17.9 Å². The van der Waals surface area contributed by atoms with Gasteiger partial charge in [0.2, 0.25) is 15.9 Å². The Bertz CT molecular complexity index is 1320. The normalized spacial score (nSPS) is 11.2. The topological polar surface area (TPSA) is 202 Å². The molecule has 0 fully saturated rings. The van der Waals surface area contributed by atoms with Gasteiger partial charge in [-0.3, -0.25) is 34.0 Å². The number of nitrogens with one attached hydrogen (secondary N) is 2. The molecule has 0 radical (unpaired) electrons. The summed E-state index contributed by atoms with van der Waals surface area (Å²) in [7, 11) is -4.41. The highest BCUT2D eigenvalue weighted by Crippen LogP contribution is 2.26. The predicted molar refractivity (Wildman–Crippen MR) is 114 cm³/mol. The fourth-order valence-corrected chi connectivity index (χ4v) is 4.03. The van der Waals surface area contributed by atoms with Crippen LogP contribution in [0, 0.1) is 17.0 Å². The van der Waals surface area contributed by atoms with Crippen molar-refractivity contribution in [3.8, 4) is 0 Å². The number of aliphatic carboxylic acids is 1. The fourth-order valence-electron chi connectivity index (χ4n) is 2.69. The number of sulfonamides is 1. The van der Waals surface area contributed by atoms with Crippen molar-refractivity contribution in [1.82, 2.24) is 19.2 Å². The van der Waals surface area contributed by atoms with Crippen LogP contribution >= 0.6 is 11.6 Å². The highest BCUT2D eigenvalue weighted by Gasteiger charge is 2.26. The molecule has 33 heavy (non-hydrogen) atoms. The number of hydrogen-bond donors (Lipinski definition) is 3. The Morgan fingerprint density at radius 2 is 2.00 bits per heavy atom. The van der Waals surface area contributed by atoms with Crippen LogP contribution in [0.5, 0.6) is 0 Å². The van der Waals surface area contributed by atoms with Gasteiger partial charge in [0.05, 0.1) is 4.92 Å². The Labute approximate surface area is 190 Å². The standard InChI is InChI=1S/C17H18ClN5O9S/c1-10-7-22(17(28)20-16(10)27)8-14(24)21(9-15(25)26)5-4-19-33(31,32)13-3-2-11(18)6-12(13)23(29)30/h2-3,6-7,19H,4-5,8-9H2,1H3,(H,25,26)(H,20,27,28). The average Bonchev–Trinajstić information content (AvgIpc) is 2.70. The van der Waals surface area contributed by atoms with Crippen LogP contribution in [0.3, 0.4) is 0 Å². The molecule has 0 aliphatic rings. The van der Waals surface area contributed by atoms with E-state index in [9.17, 15) is 37.7 Å². The van der Waals surface area contributed by atoms with E-state index < -0.39 is 74.8 Å². The molecule has 0 unspecified atom stereocenters. The molecule has 3 N–H and O–H groups in total. The molecule has 0 bridgehead atoms. The second kappa shape index (κ2) is 10.4. The minimum Gasteiger partial charge on any atom is -0.480 e. The molecule has 0 saturated heterocycles. The van der Waals surface area contributed by atoms with Crippen LogP contribution in [-0.2, 0) is 26.2 Å². The largest absolute Gasteiger partial charge is 0.480 e. The lowest BCUT2D eigenvalue weighted by Gasteiger charge is -2.21. The van der Waals surface area contributed by atoms with Gasteiger partial charge in [-0.05, 0) is 19.1 Å². The van der Waals surface area contributed by atoms with E-state index in [4.69, 9.17) is 16.7 Å². The number of hydrogen-bond acceptors (Lipinski definition) is 8. The zero-order valence-electron chi connectivity index (χ0n) is 17.0. The number of rotatable bonds is 10. The second-order valence-electron chi connectivity index (χ2n) is 6.68. The summed E-state index contributed by atoms with van der Waals surface area (Å²) in [5.41, 5.74) is -2.15. The van der Waals surface area contributed by atoms with E-state index in [1.165, 1.54) is 6.92 Å². The molecule has 0 saturated carbocycles. The first-order valence-electron chi connectivity index (χ1n) is 9.05. The highest BCUT2D eigenvalue weighted by molar-refractivity contribution is 7.89. The van der Waals surface area contributed by atoms with Crippen LogP contribution in [0.2, 0.25) is 5.02 Å². The monoisotopic (exact) mass is 503 g/mol. The summed E-state index contributed by atoms with van der Waals surface area (Å²) >= 11 is 5.67. The number of aromatic amines is 1. The Morgan fingerprint density at radius 1 is 1.33 bits per heavy atom. The molecule has 14 nitrogen and oxygen atoms in total. The second-order valence-corrected chi connectivity index (χ2v) is 8.85. The molecule has 0 atom stereocenters. The van der Waals surface area contributed by atoms with Gasteiger partial charge in [0.1, 0.15) is 13.1 Å². The van der Waals surface area contributed by atoms with Crippen LogP contribution in [-0.4, -0.2) is 64.4 Å². The summed E-state index contributed by atoms with van der Waals surface area (Å²) in [5, 5.41) is 20.2. The van der Waals surface area contributed by atoms with E-state index in [1.54, 1.807) is 0 Å². The third-order valence-corrected chi connectivity index (χ3v) is 6.00. The van der Waals surface area contributed by atoms with Gasteiger partial charge in [-0.15, -0.1) is 0 Å². The third-order valence-electron chi connectivity index (χ3n) is 4.25. The number of aromatic nitrogens is 2. The summed E-state index contributed by atoms with van der Waals surface area (Å²) < 4.78 is 27.9. The van der Waals surface area contributed by atoms with Gasteiger partial charge in [0.25, 0.3) is 11.2 Å². The molecule has 178 valence electrons. The number of carboxylic acid groups (broad SMARTS) is 1. The van der Waals surface area contributed by atoms with Crippen molar-refractivity contribution in [3.05, 3.63) is 65.9 Å². The number of benzene rings is 1. The summed E-state index contributed by atoms with van der Waals surface area (Å²) in [5.74, 6) is -2.24. The van der Waals surface area contributed by atoms with Crippen molar-refractivity contribution in [2.45, 2.75) is 18.4 Å². The number of nitro groups is 1. The molecule has 0 aliphatic heterocycles. The minimum absolute atomic E-state index is 0.0494. The minimum atomic E-state index is -4.41. The number of nitrogens with zero attached hydrogens (tertiary/aromatic N) is 3. The van der Waals surface area contributed by atoms with Crippen LogP contribution in [0.15, 0.2) is 38.9 Å². The van der Waals surface area contributed by atoms with Gasteiger partial charge in [-0.2, -0.15) is 0 Å². The lowest BCUT2D eigenvalue weighted by atomic mass is 10.3. The molecule has 2 aromatic rings. The number of halogens is 1. The quantitative estimate of drug-likeness (QED) is 0.276. The van der Waals surface area contributed by atoms with E-state index in [0.29, 0.717) is 0 Å². The van der Waals surface area contributed by atoms with Gasteiger partial charge < -0.3 is 10.0 Å². The summed E-state index contributed by atoms with van der Waals surface area (Å²) in [4.78, 5) is 59.3. The van der Waals surface area contributed by atoms with Gasteiger partial charge in [-0.1, -0.05) is 11.6 Å². The molecule has 16 heteroatoms. The Balaban J connectivity index is 2.17. The lowest BCUT2D eigenvalue weighted by Crippen LogP contribution is -2.44. The summed E-state index contributed by atoms with van der Waals surface area (Å²) in [6.45, 7) is -0.930. The number of carboxylic acids is 1. The van der Waals surface area contributed by atoms with Crippen LogP contribution in [0.1, 0.15) is 5.56 Å². The molecule has 1 amide bonds. The van der Waals surface area contributed by atoms with Crippen LogP contribution < -0.4 is 16.0 Å². The molecular weight excluding hydrogens is 486 g/mol. The average molecular weight is 504 g/mol. The first-order chi connectivity index (χ1) is 15.3. The van der Waals surface area contributed by atoms with E-state index in [-0.39, 0.29) is 10.6 Å². The number of amides is 1. The number of nitro benzene ring substituents is 1. The first kappa shape index (κ1) is 25.7. The SMILES string of the molecule is Cc1cn(CC(=O)N(CCNS(=O)(=O)c2ccc(Cl)cc2[N+](=O)[O-])CC(=O)O)c(=O)[nH]c1=O. The number of carbonyl (C=O) groups excluding carboxylic acids is 1. The molecule has 2 rings (SSSR count). The van der Waals surface area contributed by atoms with Gasteiger partial charge in [0, 0.05) is 35.9 Å².